The Labute approximate surface area is 194 Å². The normalized spacial score (nSPS) is 19.7. The Kier molecular flexibility index (Phi) is 5.16. The molecule has 0 radical (unpaired) electrons. The molecule has 5 rings (SSSR count). The lowest BCUT2D eigenvalue weighted by Crippen LogP contribution is -2.42. The van der Waals surface area contributed by atoms with Crippen molar-refractivity contribution in [3.05, 3.63) is 96.4 Å². The van der Waals surface area contributed by atoms with E-state index in [0.29, 0.717) is 33.5 Å². The van der Waals surface area contributed by atoms with Crippen LogP contribution < -0.4 is 19.6 Å². The van der Waals surface area contributed by atoms with E-state index in [-0.39, 0.29) is 22.6 Å². The summed E-state index contributed by atoms with van der Waals surface area (Å²) in [7, 11) is 1.60. The highest BCUT2D eigenvalue weighted by Crippen LogP contribution is 2.43. The predicted molar refractivity (Wildman–Crippen MR) is 126 cm³/mol. The molecule has 0 saturated heterocycles. The Hall–Kier alpha value is -3.32. The summed E-state index contributed by atoms with van der Waals surface area (Å²) < 4.78 is 20.7. The summed E-state index contributed by atoms with van der Waals surface area (Å²) >= 11 is 1.29. The van der Waals surface area contributed by atoms with Crippen LogP contribution in [0, 0.1) is 11.2 Å². The Morgan fingerprint density at radius 2 is 1.79 bits per heavy atom. The molecule has 1 unspecified atom stereocenters. The number of fused-ring (bicyclic) bond motifs is 1. The number of hydrogen-bond donors (Lipinski definition) is 0. The molecule has 0 amide bonds. The quantitative estimate of drug-likeness (QED) is 0.596. The molecule has 1 aliphatic carbocycles. The third-order valence-electron chi connectivity index (χ3n) is 6.09. The number of ketones is 1. The van der Waals surface area contributed by atoms with Gasteiger partial charge in [-0.15, -0.1) is 0 Å². The maximum atomic E-state index is 13.5. The molecule has 0 bridgehead atoms. The van der Waals surface area contributed by atoms with E-state index in [0.717, 1.165) is 16.8 Å². The molecule has 2 aromatic carbocycles. The summed E-state index contributed by atoms with van der Waals surface area (Å²) in [5.41, 5.74) is 2.51. The molecule has 0 fully saturated rings. The fourth-order valence-corrected chi connectivity index (χ4v) is 5.58. The highest BCUT2D eigenvalue weighted by atomic mass is 32.1. The summed E-state index contributed by atoms with van der Waals surface area (Å²) in [6.45, 7) is 4.13. The number of aromatic nitrogens is 1. The summed E-state index contributed by atoms with van der Waals surface area (Å²) in [4.78, 5) is 32.2. The van der Waals surface area contributed by atoms with Gasteiger partial charge in [0.15, 0.2) is 10.6 Å². The van der Waals surface area contributed by atoms with Gasteiger partial charge in [-0.25, -0.2) is 9.38 Å². The van der Waals surface area contributed by atoms with Gasteiger partial charge < -0.3 is 4.74 Å². The number of hydrogen-bond acceptors (Lipinski definition) is 5. The van der Waals surface area contributed by atoms with Crippen molar-refractivity contribution < 1.29 is 13.9 Å². The van der Waals surface area contributed by atoms with Crippen LogP contribution in [-0.2, 0) is 4.79 Å². The van der Waals surface area contributed by atoms with Crippen LogP contribution in [0.1, 0.15) is 43.9 Å². The van der Waals surface area contributed by atoms with Crippen LogP contribution in [0.5, 0.6) is 5.75 Å². The van der Waals surface area contributed by atoms with Crippen molar-refractivity contribution in [1.29, 1.82) is 0 Å². The molecule has 1 aromatic heterocycles. The van der Waals surface area contributed by atoms with Crippen LogP contribution in [0.15, 0.2) is 69.6 Å². The zero-order valence-corrected chi connectivity index (χ0v) is 19.4. The molecule has 7 heteroatoms. The third kappa shape index (κ3) is 3.86. The zero-order chi connectivity index (χ0) is 23.3. The number of halogens is 1. The van der Waals surface area contributed by atoms with Gasteiger partial charge in [0.05, 0.1) is 23.4 Å². The van der Waals surface area contributed by atoms with E-state index in [1.54, 1.807) is 29.9 Å². The first-order chi connectivity index (χ1) is 15.8. The number of Topliss-reactive ketones (excluding diaryl/α,β-unsaturated/α-hetero) is 1. The van der Waals surface area contributed by atoms with Gasteiger partial charge in [0.1, 0.15) is 11.6 Å². The van der Waals surface area contributed by atoms with Crippen LogP contribution in [0.25, 0.3) is 6.08 Å². The number of benzene rings is 2. The fraction of sp³-hybridized carbons (Fsp3) is 0.269. The molecular weight excluding hydrogens is 439 g/mol. The molecule has 0 spiro atoms. The van der Waals surface area contributed by atoms with Gasteiger partial charge in [0.2, 0.25) is 0 Å². The summed E-state index contributed by atoms with van der Waals surface area (Å²) in [5.74, 6) is 0.397. The Bertz CT molecular complexity index is 1460. The molecule has 0 saturated carbocycles. The van der Waals surface area contributed by atoms with Crippen molar-refractivity contribution in [1.82, 2.24) is 4.57 Å². The predicted octanol–water partition coefficient (Wildman–Crippen LogP) is 3.75. The lowest BCUT2D eigenvalue weighted by Gasteiger charge is -2.35. The molecule has 33 heavy (non-hydrogen) atoms. The number of allylic oxidation sites excluding steroid dienone is 2. The first-order valence-corrected chi connectivity index (χ1v) is 11.5. The van der Waals surface area contributed by atoms with Crippen molar-refractivity contribution in [3.63, 3.8) is 0 Å². The second kappa shape index (κ2) is 7.92. The van der Waals surface area contributed by atoms with Gasteiger partial charge in [-0.1, -0.05) is 49.4 Å². The Morgan fingerprint density at radius 1 is 1.09 bits per heavy atom. The number of methoxy groups -OCH3 is 1. The van der Waals surface area contributed by atoms with Crippen molar-refractivity contribution in [2.45, 2.75) is 32.7 Å². The van der Waals surface area contributed by atoms with Crippen molar-refractivity contribution in [3.8, 4) is 5.75 Å². The van der Waals surface area contributed by atoms with Crippen molar-refractivity contribution >= 4 is 23.2 Å². The lowest BCUT2D eigenvalue weighted by molar-refractivity contribution is -0.118. The second-order valence-corrected chi connectivity index (χ2v) is 10.2. The fourth-order valence-electron chi connectivity index (χ4n) is 4.56. The minimum atomic E-state index is -0.541. The SMILES string of the molecule is COc1ccc(C2C3=C(CC(C)(C)CC3=O)N=c3sc(=Cc4ccc(F)cc4)c(=O)n32)cc1. The number of carbonyl (C=O) groups excluding carboxylic acids is 1. The second-order valence-electron chi connectivity index (χ2n) is 9.21. The van der Waals surface area contributed by atoms with Gasteiger partial charge in [-0.05, 0) is 53.3 Å². The van der Waals surface area contributed by atoms with Crippen LogP contribution >= 0.6 is 11.3 Å². The maximum Gasteiger partial charge on any atom is 0.271 e. The van der Waals surface area contributed by atoms with Crippen LogP contribution in [0.2, 0.25) is 0 Å². The van der Waals surface area contributed by atoms with E-state index in [1.165, 1.54) is 23.5 Å². The van der Waals surface area contributed by atoms with Gasteiger partial charge >= 0.3 is 0 Å². The average Bonchev–Trinajstić information content (AvgIpc) is 3.08. The van der Waals surface area contributed by atoms with E-state index in [2.05, 4.69) is 13.8 Å². The molecule has 0 N–H and O–H groups in total. The molecule has 5 nitrogen and oxygen atoms in total. The molecule has 1 atom stereocenters. The number of rotatable bonds is 3. The highest BCUT2D eigenvalue weighted by Gasteiger charge is 2.40. The maximum absolute atomic E-state index is 13.5. The Balaban J connectivity index is 1.74. The van der Waals surface area contributed by atoms with Crippen LogP contribution in [0.4, 0.5) is 4.39 Å². The van der Waals surface area contributed by atoms with E-state index in [9.17, 15) is 14.0 Å². The van der Waals surface area contributed by atoms with E-state index >= 15 is 0 Å². The van der Waals surface area contributed by atoms with Crippen molar-refractivity contribution in [2.24, 2.45) is 10.4 Å². The largest absolute Gasteiger partial charge is 0.497 e. The van der Waals surface area contributed by atoms with Crippen LogP contribution in [-0.4, -0.2) is 17.5 Å². The van der Waals surface area contributed by atoms with Gasteiger partial charge in [-0.3, -0.25) is 14.2 Å². The van der Waals surface area contributed by atoms with Gasteiger partial charge in [0, 0.05) is 12.0 Å². The highest BCUT2D eigenvalue weighted by molar-refractivity contribution is 7.07. The smallest absolute Gasteiger partial charge is 0.271 e. The lowest BCUT2D eigenvalue weighted by atomic mass is 9.73. The average molecular weight is 463 g/mol. The topological polar surface area (TPSA) is 60.7 Å². The van der Waals surface area contributed by atoms with Gasteiger partial charge in [-0.2, -0.15) is 0 Å². The molecule has 168 valence electrons. The minimum Gasteiger partial charge on any atom is -0.497 e. The van der Waals surface area contributed by atoms with Crippen LogP contribution in [0.3, 0.4) is 0 Å². The number of nitrogens with zero attached hydrogens (tertiary/aromatic N) is 2. The molecule has 2 heterocycles. The molecule has 3 aromatic rings. The zero-order valence-electron chi connectivity index (χ0n) is 18.6. The summed E-state index contributed by atoms with van der Waals surface area (Å²) in [6, 6.07) is 12.9. The van der Waals surface area contributed by atoms with E-state index in [1.807, 2.05) is 24.3 Å². The molecule has 2 aliphatic rings. The Morgan fingerprint density at radius 3 is 2.45 bits per heavy atom. The first kappa shape index (κ1) is 21.5. The summed E-state index contributed by atoms with van der Waals surface area (Å²) in [5, 5.41) is 0. The van der Waals surface area contributed by atoms with E-state index < -0.39 is 6.04 Å². The third-order valence-corrected chi connectivity index (χ3v) is 7.08. The molecular formula is C26H23FN2O3S. The summed E-state index contributed by atoms with van der Waals surface area (Å²) in [6.07, 6.45) is 2.82. The first-order valence-electron chi connectivity index (χ1n) is 10.7. The van der Waals surface area contributed by atoms with Gasteiger partial charge in [0.25, 0.3) is 5.56 Å². The molecule has 1 aliphatic heterocycles. The number of thiazole rings is 1. The monoisotopic (exact) mass is 462 g/mol. The van der Waals surface area contributed by atoms with Crippen molar-refractivity contribution in [2.75, 3.05) is 7.11 Å². The van der Waals surface area contributed by atoms with E-state index in [4.69, 9.17) is 9.73 Å². The standard InChI is InChI=1S/C26H23FN2O3S/c1-26(2)13-19-22(20(30)14-26)23(16-6-10-18(32-3)11-7-16)29-24(31)21(33-25(29)28-19)12-15-4-8-17(27)9-5-15/h4-12,23H,13-14H2,1-3H3. The number of ether oxygens (including phenoxy) is 1. The number of carbonyl (C=O) groups is 1. The minimum absolute atomic E-state index is 0.0265.